The maximum atomic E-state index is 9.14. The van der Waals surface area contributed by atoms with Crippen LogP contribution in [0.25, 0.3) is 10.8 Å². The normalized spacial score (nSPS) is 12.8. The SMILES string of the molecule is CC[C@@H](CO)NCc1cccc2cnccc12. The minimum atomic E-state index is 0.173. The molecule has 17 heavy (non-hydrogen) atoms. The number of rotatable bonds is 5. The van der Waals surface area contributed by atoms with Gasteiger partial charge in [-0.25, -0.2) is 0 Å². The lowest BCUT2D eigenvalue weighted by Gasteiger charge is -2.14. The van der Waals surface area contributed by atoms with Crippen molar-refractivity contribution in [2.75, 3.05) is 6.61 Å². The number of benzene rings is 1. The number of pyridine rings is 1. The van der Waals surface area contributed by atoms with Gasteiger partial charge in [0.05, 0.1) is 6.61 Å². The zero-order chi connectivity index (χ0) is 12.1. The highest BCUT2D eigenvalue weighted by molar-refractivity contribution is 5.84. The number of nitrogens with one attached hydrogen (secondary N) is 1. The Hall–Kier alpha value is -1.45. The standard InChI is InChI=1S/C14H18N2O/c1-2-13(10-17)16-9-12-5-3-4-11-8-15-7-6-14(11)12/h3-8,13,16-17H,2,9-10H2,1H3/t13-/m0/s1. The summed E-state index contributed by atoms with van der Waals surface area (Å²) in [4.78, 5) is 4.12. The second kappa shape index (κ2) is 5.75. The van der Waals surface area contributed by atoms with E-state index < -0.39 is 0 Å². The van der Waals surface area contributed by atoms with Gasteiger partial charge in [0.25, 0.3) is 0 Å². The van der Waals surface area contributed by atoms with Crippen LogP contribution < -0.4 is 5.32 Å². The Morgan fingerprint density at radius 1 is 1.35 bits per heavy atom. The maximum absolute atomic E-state index is 9.14. The van der Waals surface area contributed by atoms with Gasteiger partial charge in [-0.1, -0.05) is 25.1 Å². The van der Waals surface area contributed by atoms with Crippen molar-refractivity contribution in [1.29, 1.82) is 0 Å². The van der Waals surface area contributed by atoms with Crippen LogP contribution in [0.4, 0.5) is 0 Å². The van der Waals surface area contributed by atoms with E-state index in [4.69, 9.17) is 5.11 Å². The third kappa shape index (κ3) is 2.81. The molecule has 1 heterocycles. The first-order valence-corrected chi connectivity index (χ1v) is 6.01. The number of aliphatic hydroxyl groups excluding tert-OH is 1. The number of nitrogens with zero attached hydrogens (tertiary/aromatic N) is 1. The van der Waals surface area contributed by atoms with E-state index in [1.165, 1.54) is 10.9 Å². The average molecular weight is 230 g/mol. The summed E-state index contributed by atoms with van der Waals surface area (Å²) in [6, 6.07) is 8.42. The molecule has 0 spiro atoms. The topological polar surface area (TPSA) is 45.1 Å². The second-order valence-corrected chi connectivity index (χ2v) is 4.18. The summed E-state index contributed by atoms with van der Waals surface area (Å²) >= 11 is 0. The molecule has 0 radical (unpaired) electrons. The maximum Gasteiger partial charge on any atom is 0.0584 e. The van der Waals surface area contributed by atoms with E-state index in [2.05, 4.69) is 29.4 Å². The van der Waals surface area contributed by atoms with E-state index in [1.807, 2.05) is 24.5 Å². The molecular formula is C14H18N2O. The van der Waals surface area contributed by atoms with Crippen LogP contribution in [-0.2, 0) is 6.54 Å². The highest BCUT2D eigenvalue weighted by atomic mass is 16.3. The first-order valence-electron chi connectivity index (χ1n) is 6.01. The van der Waals surface area contributed by atoms with Crippen molar-refractivity contribution in [3.63, 3.8) is 0 Å². The molecule has 3 nitrogen and oxygen atoms in total. The average Bonchev–Trinajstić information content (AvgIpc) is 2.40. The fraction of sp³-hybridized carbons (Fsp3) is 0.357. The van der Waals surface area contributed by atoms with Crippen molar-refractivity contribution >= 4 is 10.8 Å². The molecule has 1 aromatic carbocycles. The van der Waals surface area contributed by atoms with E-state index in [0.29, 0.717) is 0 Å². The van der Waals surface area contributed by atoms with Gasteiger partial charge in [-0.15, -0.1) is 0 Å². The monoisotopic (exact) mass is 230 g/mol. The van der Waals surface area contributed by atoms with Gasteiger partial charge in [0, 0.05) is 30.4 Å². The first kappa shape index (κ1) is 12.0. The summed E-state index contributed by atoms with van der Waals surface area (Å²) in [7, 11) is 0. The summed E-state index contributed by atoms with van der Waals surface area (Å²) in [6.07, 6.45) is 4.63. The highest BCUT2D eigenvalue weighted by Crippen LogP contribution is 2.17. The molecule has 0 aliphatic rings. The van der Waals surface area contributed by atoms with E-state index >= 15 is 0 Å². The van der Waals surface area contributed by atoms with Gasteiger partial charge in [-0.2, -0.15) is 0 Å². The summed E-state index contributed by atoms with van der Waals surface area (Å²) < 4.78 is 0. The molecule has 2 aromatic rings. The number of aromatic nitrogens is 1. The molecule has 2 rings (SSSR count). The molecule has 0 fully saturated rings. The summed E-state index contributed by atoms with van der Waals surface area (Å²) in [5.41, 5.74) is 1.25. The fourth-order valence-electron chi connectivity index (χ4n) is 1.94. The van der Waals surface area contributed by atoms with Gasteiger partial charge in [0.1, 0.15) is 0 Å². The number of fused-ring (bicyclic) bond motifs is 1. The van der Waals surface area contributed by atoms with Crippen LogP contribution in [-0.4, -0.2) is 22.7 Å². The smallest absolute Gasteiger partial charge is 0.0584 e. The lowest BCUT2D eigenvalue weighted by Crippen LogP contribution is -2.31. The van der Waals surface area contributed by atoms with Gasteiger partial charge in [0.2, 0.25) is 0 Å². The zero-order valence-corrected chi connectivity index (χ0v) is 10.1. The number of aliphatic hydroxyl groups is 1. The molecule has 0 aliphatic heterocycles. The van der Waals surface area contributed by atoms with Crippen molar-refractivity contribution in [2.24, 2.45) is 0 Å². The zero-order valence-electron chi connectivity index (χ0n) is 10.1. The Morgan fingerprint density at radius 3 is 3.00 bits per heavy atom. The molecule has 1 aromatic heterocycles. The molecule has 0 bridgehead atoms. The van der Waals surface area contributed by atoms with E-state index in [0.717, 1.165) is 18.4 Å². The van der Waals surface area contributed by atoms with Crippen molar-refractivity contribution in [3.05, 3.63) is 42.2 Å². The largest absolute Gasteiger partial charge is 0.395 e. The quantitative estimate of drug-likeness (QED) is 0.826. The lowest BCUT2D eigenvalue weighted by atomic mass is 10.1. The van der Waals surface area contributed by atoms with E-state index in [1.54, 1.807) is 0 Å². The third-order valence-electron chi connectivity index (χ3n) is 3.07. The molecule has 0 saturated carbocycles. The predicted molar refractivity (Wildman–Crippen MR) is 69.7 cm³/mol. The molecule has 0 amide bonds. The lowest BCUT2D eigenvalue weighted by molar-refractivity contribution is 0.238. The predicted octanol–water partition coefficient (Wildman–Crippen LogP) is 2.10. The van der Waals surface area contributed by atoms with Gasteiger partial charge in [-0.05, 0) is 23.4 Å². The summed E-state index contributed by atoms with van der Waals surface area (Å²) in [6.45, 7) is 3.03. The van der Waals surface area contributed by atoms with E-state index in [9.17, 15) is 0 Å². The minimum Gasteiger partial charge on any atom is -0.395 e. The van der Waals surface area contributed by atoms with Crippen molar-refractivity contribution in [3.8, 4) is 0 Å². The van der Waals surface area contributed by atoms with Gasteiger partial charge in [-0.3, -0.25) is 4.98 Å². The fourth-order valence-corrected chi connectivity index (χ4v) is 1.94. The molecule has 3 heteroatoms. The Balaban J connectivity index is 2.18. The molecule has 0 saturated heterocycles. The highest BCUT2D eigenvalue weighted by Gasteiger charge is 2.05. The Morgan fingerprint density at radius 2 is 2.24 bits per heavy atom. The summed E-state index contributed by atoms with van der Waals surface area (Å²) in [5, 5.41) is 14.9. The molecule has 2 N–H and O–H groups in total. The van der Waals surface area contributed by atoms with Crippen LogP contribution in [0.5, 0.6) is 0 Å². The number of hydrogen-bond donors (Lipinski definition) is 2. The third-order valence-corrected chi connectivity index (χ3v) is 3.07. The van der Waals surface area contributed by atoms with Crippen LogP contribution in [0.2, 0.25) is 0 Å². The first-order chi connectivity index (χ1) is 8.35. The van der Waals surface area contributed by atoms with Crippen LogP contribution in [0.15, 0.2) is 36.7 Å². The van der Waals surface area contributed by atoms with Crippen LogP contribution in [0.1, 0.15) is 18.9 Å². The Kier molecular flexibility index (Phi) is 4.07. The molecule has 1 atom stereocenters. The molecule has 90 valence electrons. The van der Waals surface area contributed by atoms with Crippen LogP contribution >= 0.6 is 0 Å². The van der Waals surface area contributed by atoms with Gasteiger partial charge in [0.15, 0.2) is 0 Å². The van der Waals surface area contributed by atoms with Crippen LogP contribution in [0, 0.1) is 0 Å². The summed E-state index contributed by atoms with van der Waals surface area (Å²) in [5.74, 6) is 0. The second-order valence-electron chi connectivity index (χ2n) is 4.18. The van der Waals surface area contributed by atoms with Crippen molar-refractivity contribution in [2.45, 2.75) is 25.9 Å². The van der Waals surface area contributed by atoms with Crippen LogP contribution in [0.3, 0.4) is 0 Å². The van der Waals surface area contributed by atoms with Gasteiger partial charge < -0.3 is 10.4 Å². The van der Waals surface area contributed by atoms with Crippen molar-refractivity contribution in [1.82, 2.24) is 10.3 Å². The van der Waals surface area contributed by atoms with E-state index in [-0.39, 0.29) is 12.6 Å². The molecule has 0 unspecified atom stereocenters. The molecular weight excluding hydrogens is 212 g/mol. The Bertz CT molecular complexity index is 475. The van der Waals surface area contributed by atoms with Crippen molar-refractivity contribution < 1.29 is 5.11 Å². The minimum absolute atomic E-state index is 0.173. The Labute approximate surface area is 102 Å². The van der Waals surface area contributed by atoms with Gasteiger partial charge >= 0.3 is 0 Å². The number of hydrogen-bond acceptors (Lipinski definition) is 3. The molecule has 0 aliphatic carbocycles.